The first-order valence-electron chi connectivity index (χ1n) is 10.2. The molecule has 0 atom stereocenters. The topological polar surface area (TPSA) is 93.9 Å². The van der Waals surface area contributed by atoms with Crippen LogP contribution in [-0.2, 0) is 11.2 Å². The van der Waals surface area contributed by atoms with Gasteiger partial charge in [0.05, 0.1) is 25.6 Å². The number of aryl methyl sites for hydroxylation is 1. The van der Waals surface area contributed by atoms with Crippen molar-refractivity contribution in [1.29, 1.82) is 0 Å². The molecule has 0 unspecified atom stereocenters. The van der Waals surface area contributed by atoms with Crippen molar-refractivity contribution < 1.29 is 19.1 Å². The smallest absolute Gasteiger partial charge is 0.248 e. The number of anilines is 2. The van der Waals surface area contributed by atoms with Crippen LogP contribution in [0.1, 0.15) is 41.6 Å². The van der Waals surface area contributed by atoms with Crippen LogP contribution in [-0.4, -0.2) is 39.1 Å². The van der Waals surface area contributed by atoms with Crippen LogP contribution in [0.25, 0.3) is 0 Å². The summed E-state index contributed by atoms with van der Waals surface area (Å²) in [4.78, 5) is 26.6. The highest BCUT2D eigenvalue weighted by molar-refractivity contribution is 5.99. The van der Waals surface area contributed by atoms with E-state index in [9.17, 15) is 9.59 Å². The number of carbonyl (C=O) groups excluding carboxylic acids is 2. The number of para-hydroxylation sites is 1. The number of methoxy groups -OCH3 is 2. The fourth-order valence-electron chi connectivity index (χ4n) is 3.81. The van der Waals surface area contributed by atoms with Gasteiger partial charge in [-0.15, -0.1) is 0 Å². The maximum atomic E-state index is 12.7. The summed E-state index contributed by atoms with van der Waals surface area (Å²) < 4.78 is 10.8. The van der Waals surface area contributed by atoms with Gasteiger partial charge in [0.25, 0.3) is 0 Å². The van der Waals surface area contributed by atoms with E-state index in [0.29, 0.717) is 29.2 Å². The number of hydrogen-bond donors (Lipinski definition) is 2. The third-order valence-electron chi connectivity index (χ3n) is 5.36. The van der Waals surface area contributed by atoms with Crippen molar-refractivity contribution in [2.24, 2.45) is 5.73 Å². The van der Waals surface area contributed by atoms with Crippen molar-refractivity contribution in [2.75, 3.05) is 37.5 Å². The van der Waals surface area contributed by atoms with Crippen LogP contribution >= 0.6 is 0 Å². The largest absolute Gasteiger partial charge is 0.493 e. The Morgan fingerprint density at radius 2 is 1.83 bits per heavy atom. The molecule has 3 N–H and O–H groups in total. The molecule has 0 spiro atoms. The van der Waals surface area contributed by atoms with E-state index in [-0.39, 0.29) is 12.3 Å². The lowest BCUT2D eigenvalue weighted by Crippen LogP contribution is -2.30. The minimum absolute atomic E-state index is 0.139. The predicted octanol–water partition coefficient (Wildman–Crippen LogP) is 3.36. The van der Waals surface area contributed by atoms with Gasteiger partial charge < -0.3 is 25.4 Å². The third kappa shape index (κ3) is 5.03. The minimum atomic E-state index is -0.517. The second-order valence-electron chi connectivity index (χ2n) is 7.34. The lowest BCUT2D eigenvalue weighted by Gasteiger charge is -2.30. The van der Waals surface area contributed by atoms with Crippen molar-refractivity contribution in [3.8, 4) is 11.5 Å². The Labute approximate surface area is 177 Å². The van der Waals surface area contributed by atoms with E-state index in [1.165, 1.54) is 6.42 Å². The summed E-state index contributed by atoms with van der Waals surface area (Å²) in [6.45, 7) is 1.86. The van der Waals surface area contributed by atoms with Crippen LogP contribution in [0, 0.1) is 0 Å². The first-order valence-corrected chi connectivity index (χ1v) is 10.2. The van der Waals surface area contributed by atoms with Gasteiger partial charge in [-0.3, -0.25) is 9.59 Å². The Kier molecular flexibility index (Phi) is 7.17. The number of primary amides is 1. The molecular formula is C23H29N3O4. The molecular weight excluding hydrogens is 382 g/mol. The molecule has 0 saturated carbocycles. The second kappa shape index (κ2) is 10.0. The molecule has 1 aliphatic heterocycles. The van der Waals surface area contributed by atoms with E-state index in [4.69, 9.17) is 15.2 Å². The quantitative estimate of drug-likeness (QED) is 0.695. The van der Waals surface area contributed by atoms with E-state index in [0.717, 1.165) is 37.2 Å². The van der Waals surface area contributed by atoms with Gasteiger partial charge in [-0.05, 0) is 55.5 Å². The number of piperidine rings is 1. The van der Waals surface area contributed by atoms with Gasteiger partial charge >= 0.3 is 0 Å². The highest BCUT2D eigenvalue weighted by atomic mass is 16.5. The molecule has 2 aromatic rings. The maximum Gasteiger partial charge on any atom is 0.248 e. The van der Waals surface area contributed by atoms with Crippen LogP contribution in [0.3, 0.4) is 0 Å². The highest BCUT2D eigenvalue weighted by Crippen LogP contribution is 2.32. The molecule has 1 heterocycles. The molecule has 0 aromatic heterocycles. The number of nitrogens with two attached hydrogens (primary N) is 1. The molecule has 7 nitrogen and oxygen atoms in total. The van der Waals surface area contributed by atoms with E-state index >= 15 is 0 Å². The number of carbonyl (C=O) groups is 2. The molecule has 0 radical (unpaired) electrons. The highest BCUT2D eigenvalue weighted by Gasteiger charge is 2.18. The van der Waals surface area contributed by atoms with E-state index < -0.39 is 5.91 Å². The van der Waals surface area contributed by atoms with Crippen LogP contribution < -0.4 is 25.4 Å². The Hall–Kier alpha value is -3.22. The van der Waals surface area contributed by atoms with Crippen LogP contribution in [0.2, 0.25) is 0 Å². The summed E-state index contributed by atoms with van der Waals surface area (Å²) in [6, 6.07) is 10.9. The summed E-state index contributed by atoms with van der Waals surface area (Å²) in [5, 5.41) is 2.98. The molecule has 30 heavy (non-hydrogen) atoms. The van der Waals surface area contributed by atoms with Crippen molar-refractivity contribution in [1.82, 2.24) is 0 Å². The Balaban J connectivity index is 1.75. The van der Waals surface area contributed by atoms with Gasteiger partial charge in [0.2, 0.25) is 11.8 Å². The zero-order valence-corrected chi connectivity index (χ0v) is 17.6. The van der Waals surface area contributed by atoms with Crippen LogP contribution in [0.5, 0.6) is 11.5 Å². The Morgan fingerprint density at radius 3 is 2.50 bits per heavy atom. The van der Waals surface area contributed by atoms with Crippen molar-refractivity contribution in [2.45, 2.75) is 32.1 Å². The van der Waals surface area contributed by atoms with Crippen LogP contribution in [0.15, 0.2) is 36.4 Å². The van der Waals surface area contributed by atoms with Gasteiger partial charge in [0, 0.05) is 25.1 Å². The summed E-state index contributed by atoms with van der Waals surface area (Å²) >= 11 is 0. The fraction of sp³-hybridized carbons (Fsp3) is 0.391. The number of rotatable bonds is 8. The first-order chi connectivity index (χ1) is 14.5. The second-order valence-corrected chi connectivity index (χ2v) is 7.34. The molecule has 0 bridgehead atoms. The number of ether oxygens (including phenoxy) is 2. The zero-order valence-electron chi connectivity index (χ0n) is 17.6. The van der Waals surface area contributed by atoms with Gasteiger partial charge in [0.15, 0.2) is 11.5 Å². The number of benzene rings is 2. The van der Waals surface area contributed by atoms with Gasteiger partial charge in [-0.25, -0.2) is 0 Å². The molecule has 1 saturated heterocycles. The van der Waals surface area contributed by atoms with Gasteiger partial charge in [0.1, 0.15) is 0 Å². The summed E-state index contributed by atoms with van der Waals surface area (Å²) in [5.74, 6) is 0.617. The molecule has 2 aromatic carbocycles. The SMILES string of the molecule is COc1cccc(CCC(=O)Nc2cc(C(N)=O)ccc2N2CCCCC2)c1OC. The number of nitrogens with one attached hydrogen (secondary N) is 1. The summed E-state index contributed by atoms with van der Waals surface area (Å²) in [6.07, 6.45) is 4.20. The average molecular weight is 412 g/mol. The lowest BCUT2D eigenvalue weighted by atomic mass is 10.1. The molecule has 160 valence electrons. The lowest BCUT2D eigenvalue weighted by molar-refractivity contribution is -0.116. The zero-order chi connectivity index (χ0) is 21.5. The molecule has 3 rings (SSSR count). The third-order valence-corrected chi connectivity index (χ3v) is 5.36. The monoisotopic (exact) mass is 411 g/mol. The maximum absolute atomic E-state index is 12.7. The number of nitrogens with zero attached hydrogens (tertiary/aromatic N) is 1. The summed E-state index contributed by atoms with van der Waals surface area (Å²) in [7, 11) is 3.17. The van der Waals surface area contributed by atoms with Crippen molar-refractivity contribution in [3.05, 3.63) is 47.5 Å². The molecule has 2 amide bonds. The standard InChI is InChI=1S/C23H29N3O4/c1-29-20-8-6-7-16(22(20)30-2)10-12-21(27)25-18-15-17(23(24)28)9-11-19(18)26-13-4-3-5-14-26/h6-9,11,15H,3-5,10,12-14H2,1-2H3,(H2,24,28)(H,25,27). The minimum Gasteiger partial charge on any atom is -0.493 e. The first kappa shape index (κ1) is 21.5. The molecule has 1 fully saturated rings. The normalized spacial score (nSPS) is 13.6. The number of amides is 2. The van der Waals surface area contributed by atoms with Gasteiger partial charge in [-0.2, -0.15) is 0 Å². The summed E-state index contributed by atoms with van der Waals surface area (Å²) in [5.41, 5.74) is 8.26. The van der Waals surface area contributed by atoms with Crippen molar-refractivity contribution >= 4 is 23.2 Å². The van der Waals surface area contributed by atoms with Gasteiger partial charge in [-0.1, -0.05) is 12.1 Å². The Bertz CT molecular complexity index is 907. The van der Waals surface area contributed by atoms with E-state index in [1.807, 2.05) is 24.3 Å². The van der Waals surface area contributed by atoms with Crippen LogP contribution in [0.4, 0.5) is 11.4 Å². The number of hydrogen-bond acceptors (Lipinski definition) is 5. The predicted molar refractivity (Wildman–Crippen MR) is 118 cm³/mol. The molecule has 1 aliphatic rings. The van der Waals surface area contributed by atoms with Crippen molar-refractivity contribution in [3.63, 3.8) is 0 Å². The average Bonchev–Trinajstić information content (AvgIpc) is 2.77. The molecule has 0 aliphatic carbocycles. The molecule has 7 heteroatoms. The van der Waals surface area contributed by atoms with E-state index in [1.54, 1.807) is 26.4 Å². The Morgan fingerprint density at radius 1 is 1.07 bits per heavy atom. The van der Waals surface area contributed by atoms with E-state index in [2.05, 4.69) is 10.2 Å². The fourth-order valence-corrected chi connectivity index (χ4v) is 3.81.